The van der Waals surface area contributed by atoms with Gasteiger partial charge in [0.15, 0.2) is 5.83 Å². The first kappa shape index (κ1) is 9.90. The largest absolute Gasteiger partial charge is 0.373 e. The molecular weight excluding hydrogens is 189 g/mol. The molecule has 0 nitrogen and oxygen atoms in total. The van der Waals surface area contributed by atoms with Crippen LogP contribution in [0.3, 0.4) is 0 Å². The van der Waals surface area contributed by atoms with Gasteiger partial charge in [0.25, 0.3) is 0 Å². The molecule has 1 saturated carbocycles. The highest BCUT2D eigenvalue weighted by molar-refractivity contribution is 6.23. The summed E-state index contributed by atoms with van der Waals surface area (Å²) in [6.07, 6.45) is 2.64. The standard InChI is InChI=1S/C8H9ClF3/c1-7(2)4-5(7)3-6(10)8(9,11)12/h3-5H,1-2H3. The second kappa shape index (κ2) is 2.66. The molecule has 0 amide bonds. The zero-order valence-corrected chi connectivity index (χ0v) is 7.50. The molecule has 1 fully saturated rings. The van der Waals surface area contributed by atoms with E-state index in [0.29, 0.717) is 0 Å². The molecule has 0 saturated heterocycles. The van der Waals surface area contributed by atoms with Crippen LogP contribution >= 0.6 is 11.6 Å². The maximum atomic E-state index is 12.5. The van der Waals surface area contributed by atoms with Crippen LogP contribution in [0.15, 0.2) is 11.9 Å². The van der Waals surface area contributed by atoms with Gasteiger partial charge in [0.05, 0.1) is 0 Å². The van der Waals surface area contributed by atoms with E-state index in [1.54, 1.807) is 6.42 Å². The van der Waals surface area contributed by atoms with Gasteiger partial charge >= 0.3 is 5.38 Å². The first-order valence-corrected chi connectivity index (χ1v) is 3.92. The lowest BCUT2D eigenvalue weighted by molar-refractivity contribution is 0.109. The van der Waals surface area contributed by atoms with Gasteiger partial charge in [-0.1, -0.05) is 13.8 Å². The van der Waals surface area contributed by atoms with Crippen molar-refractivity contribution in [1.82, 2.24) is 0 Å². The van der Waals surface area contributed by atoms with Crippen molar-refractivity contribution in [2.75, 3.05) is 0 Å². The van der Waals surface area contributed by atoms with E-state index in [2.05, 4.69) is 11.6 Å². The molecule has 0 aromatic carbocycles. The fourth-order valence-corrected chi connectivity index (χ4v) is 0.993. The van der Waals surface area contributed by atoms with Gasteiger partial charge < -0.3 is 0 Å². The van der Waals surface area contributed by atoms with Crippen molar-refractivity contribution in [2.45, 2.75) is 19.2 Å². The Morgan fingerprint density at radius 1 is 1.58 bits per heavy atom. The molecule has 0 aliphatic heterocycles. The molecule has 1 aliphatic carbocycles. The number of alkyl halides is 3. The van der Waals surface area contributed by atoms with E-state index in [0.717, 1.165) is 6.08 Å². The molecule has 1 aliphatic rings. The fourth-order valence-electron chi connectivity index (χ4n) is 0.930. The third-order valence-electron chi connectivity index (χ3n) is 1.96. The van der Waals surface area contributed by atoms with Crippen LogP contribution in [0.5, 0.6) is 0 Å². The van der Waals surface area contributed by atoms with Gasteiger partial charge in [0, 0.05) is 0 Å². The topological polar surface area (TPSA) is 0 Å². The summed E-state index contributed by atoms with van der Waals surface area (Å²) in [4.78, 5) is 0. The number of allylic oxidation sites excluding steroid dienone is 2. The molecule has 69 valence electrons. The normalized spacial score (nSPS) is 28.8. The van der Waals surface area contributed by atoms with Gasteiger partial charge in [-0.25, -0.2) is 4.39 Å². The highest BCUT2D eigenvalue weighted by Gasteiger charge is 2.46. The SMILES string of the molecule is CC1(C)[CH]C1C=C(F)C(F)(F)Cl. The van der Waals surface area contributed by atoms with E-state index >= 15 is 0 Å². The Hall–Kier alpha value is -0.180. The molecule has 1 rings (SSSR count). The van der Waals surface area contributed by atoms with Gasteiger partial charge in [-0.05, 0) is 35.4 Å². The second-order valence-corrected chi connectivity index (χ2v) is 4.00. The molecule has 4 heteroatoms. The third-order valence-corrected chi connectivity index (χ3v) is 2.14. The number of rotatable bonds is 2. The zero-order valence-electron chi connectivity index (χ0n) is 6.74. The van der Waals surface area contributed by atoms with Crippen molar-refractivity contribution in [2.24, 2.45) is 11.3 Å². The zero-order chi connectivity index (χ0) is 9.57. The van der Waals surface area contributed by atoms with Crippen LogP contribution < -0.4 is 0 Å². The van der Waals surface area contributed by atoms with Gasteiger partial charge in [-0.2, -0.15) is 8.78 Å². The molecule has 0 aromatic rings. The van der Waals surface area contributed by atoms with Gasteiger partial charge in [0.2, 0.25) is 0 Å². The highest BCUT2D eigenvalue weighted by atomic mass is 35.5. The summed E-state index contributed by atoms with van der Waals surface area (Å²) < 4.78 is 36.6. The second-order valence-electron chi connectivity index (χ2n) is 3.53. The van der Waals surface area contributed by atoms with E-state index in [1.165, 1.54) is 0 Å². The summed E-state index contributed by atoms with van der Waals surface area (Å²) in [5, 5.41) is -3.85. The summed E-state index contributed by atoms with van der Waals surface area (Å²) in [7, 11) is 0. The van der Waals surface area contributed by atoms with Crippen LogP contribution in [0.2, 0.25) is 0 Å². The fraction of sp³-hybridized carbons (Fsp3) is 0.625. The van der Waals surface area contributed by atoms with Crippen molar-refractivity contribution in [3.63, 3.8) is 0 Å². The summed E-state index contributed by atoms with van der Waals surface area (Å²) in [5.74, 6) is -1.78. The monoisotopic (exact) mass is 197 g/mol. The van der Waals surface area contributed by atoms with E-state index in [1.807, 2.05) is 13.8 Å². The minimum Gasteiger partial charge on any atom is -0.204 e. The lowest BCUT2D eigenvalue weighted by atomic mass is 10.1. The highest BCUT2D eigenvalue weighted by Crippen LogP contribution is 2.52. The lowest BCUT2D eigenvalue weighted by Gasteiger charge is -2.04. The van der Waals surface area contributed by atoms with Crippen LogP contribution in [-0.4, -0.2) is 5.38 Å². The first-order chi connectivity index (χ1) is 5.23. The van der Waals surface area contributed by atoms with E-state index in [4.69, 9.17) is 0 Å². The summed E-state index contributed by atoms with van der Waals surface area (Å²) in [6.45, 7) is 3.68. The third kappa shape index (κ3) is 2.16. The van der Waals surface area contributed by atoms with Crippen molar-refractivity contribution < 1.29 is 13.2 Å². The van der Waals surface area contributed by atoms with Crippen LogP contribution in [0.1, 0.15) is 13.8 Å². The Morgan fingerprint density at radius 3 is 2.25 bits per heavy atom. The summed E-state index contributed by atoms with van der Waals surface area (Å²) >= 11 is 4.46. The van der Waals surface area contributed by atoms with Crippen molar-refractivity contribution in [1.29, 1.82) is 0 Å². The van der Waals surface area contributed by atoms with Gasteiger partial charge in [0.1, 0.15) is 0 Å². The molecule has 1 radical (unpaired) electrons. The number of halogens is 4. The van der Waals surface area contributed by atoms with Crippen molar-refractivity contribution in [3.8, 4) is 0 Å². The predicted octanol–water partition coefficient (Wildman–Crippen LogP) is 3.53. The Balaban J connectivity index is 2.60. The quantitative estimate of drug-likeness (QED) is 0.594. The van der Waals surface area contributed by atoms with Gasteiger partial charge in [-0.15, -0.1) is 0 Å². The maximum Gasteiger partial charge on any atom is 0.373 e. The number of hydrogen-bond acceptors (Lipinski definition) is 0. The van der Waals surface area contributed by atoms with E-state index < -0.39 is 11.2 Å². The molecule has 0 bridgehead atoms. The number of hydrogen-bond donors (Lipinski definition) is 0. The average Bonchev–Trinajstić information content (AvgIpc) is 2.36. The smallest absolute Gasteiger partial charge is 0.204 e. The van der Waals surface area contributed by atoms with Crippen LogP contribution in [0.4, 0.5) is 13.2 Å². The minimum absolute atomic E-state index is 0.167. The Kier molecular flexibility index (Phi) is 2.19. The summed E-state index contributed by atoms with van der Waals surface area (Å²) in [6, 6.07) is 0. The van der Waals surface area contributed by atoms with E-state index in [9.17, 15) is 13.2 Å². The Morgan fingerprint density at radius 2 is 2.00 bits per heavy atom. The van der Waals surface area contributed by atoms with Crippen LogP contribution in [0.25, 0.3) is 0 Å². The Bertz CT molecular complexity index is 215. The predicted molar refractivity (Wildman–Crippen MR) is 41.6 cm³/mol. The van der Waals surface area contributed by atoms with Crippen LogP contribution in [-0.2, 0) is 0 Å². The minimum atomic E-state index is -3.85. The molecule has 0 heterocycles. The molecule has 1 atom stereocenters. The molecule has 1 unspecified atom stereocenters. The van der Waals surface area contributed by atoms with Crippen molar-refractivity contribution in [3.05, 3.63) is 18.3 Å². The molecular formula is C8H9ClF3. The van der Waals surface area contributed by atoms with Crippen LogP contribution in [0, 0.1) is 17.8 Å². The van der Waals surface area contributed by atoms with Gasteiger partial charge in [-0.3, -0.25) is 0 Å². The Labute approximate surface area is 74.4 Å². The lowest BCUT2D eigenvalue weighted by Crippen LogP contribution is -2.06. The maximum absolute atomic E-state index is 12.5. The molecule has 0 spiro atoms. The average molecular weight is 198 g/mol. The molecule has 12 heavy (non-hydrogen) atoms. The summed E-state index contributed by atoms with van der Waals surface area (Å²) in [5.41, 5.74) is -0.167. The molecule has 0 N–H and O–H groups in total. The first-order valence-electron chi connectivity index (χ1n) is 3.54. The van der Waals surface area contributed by atoms with Crippen molar-refractivity contribution >= 4 is 11.6 Å². The molecule has 0 aromatic heterocycles. The van der Waals surface area contributed by atoms with E-state index in [-0.39, 0.29) is 11.3 Å².